The molecule has 0 saturated carbocycles. The van der Waals surface area contributed by atoms with Crippen LogP contribution in [0.2, 0.25) is 0 Å². The van der Waals surface area contributed by atoms with Crippen molar-refractivity contribution in [1.29, 1.82) is 0 Å². The topological polar surface area (TPSA) is 134 Å². The molecule has 6 aromatic rings. The first-order chi connectivity index (χ1) is 30.0. The minimum atomic E-state index is -4.64. The second-order valence-corrected chi connectivity index (χ2v) is 15.2. The predicted molar refractivity (Wildman–Crippen MR) is 234 cm³/mol. The number of hydrogen-bond donors (Lipinski definition) is 1. The Morgan fingerprint density at radius 2 is 1.08 bits per heavy atom. The van der Waals surface area contributed by atoms with Gasteiger partial charge in [-0.25, -0.2) is 4.79 Å². The van der Waals surface area contributed by atoms with E-state index in [9.17, 15) is 41.0 Å². The molecule has 0 aliphatic rings. The van der Waals surface area contributed by atoms with Gasteiger partial charge in [0.15, 0.2) is 22.6 Å². The summed E-state index contributed by atoms with van der Waals surface area (Å²) in [5.41, 5.74) is 1.43. The van der Waals surface area contributed by atoms with E-state index in [0.29, 0.717) is 78.5 Å². The minimum absolute atomic E-state index is 0. The molecule has 2 aromatic heterocycles. The second kappa shape index (κ2) is 23.9. The smallest absolute Gasteiger partial charge is 0.437 e. The van der Waals surface area contributed by atoms with Gasteiger partial charge < -0.3 is 28.4 Å². The molecule has 0 fully saturated rings. The molecule has 10 nitrogen and oxygen atoms in total. The van der Waals surface area contributed by atoms with Crippen molar-refractivity contribution in [1.82, 2.24) is 10.3 Å². The van der Waals surface area contributed by atoms with Crippen LogP contribution < -0.4 is 4.74 Å². The van der Waals surface area contributed by atoms with E-state index in [4.69, 9.17) is 18.5 Å². The van der Waals surface area contributed by atoms with Gasteiger partial charge in [0.2, 0.25) is 6.10 Å². The van der Waals surface area contributed by atoms with Crippen LogP contribution in [0.5, 0.6) is 11.5 Å². The maximum Gasteiger partial charge on any atom is 0.437 e. The van der Waals surface area contributed by atoms with Gasteiger partial charge in [0, 0.05) is 16.7 Å². The number of ether oxygens (including phenoxy) is 3. The average molecular weight is 968 g/mol. The number of alkyl halides is 7. The normalized spacial score (nSPS) is 12.3. The van der Waals surface area contributed by atoms with Gasteiger partial charge in [-0.1, -0.05) is 148 Å². The zero-order valence-electron chi connectivity index (χ0n) is 35.6. The Morgan fingerprint density at radius 3 is 1.53 bits per heavy atom. The zero-order chi connectivity index (χ0) is 46.5. The van der Waals surface area contributed by atoms with Gasteiger partial charge in [0.05, 0.1) is 25.0 Å². The molecule has 6 rings (SSSR count). The Hall–Kier alpha value is -5.58. The predicted octanol–water partition coefficient (Wildman–Crippen LogP) is 13.4. The summed E-state index contributed by atoms with van der Waals surface area (Å²) in [6, 6.07) is 21.0. The van der Waals surface area contributed by atoms with Crippen LogP contribution in [0.15, 0.2) is 81.8 Å². The second-order valence-electron chi connectivity index (χ2n) is 14.2. The third-order valence-corrected chi connectivity index (χ3v) is 10.5. The van der Waals surface area contributed by atoms with Gasteiger partial charge in [-0.05, 0) is 54.5 Å². The Bertz CT molecular complexity index is 2420. The highest BCUT2D eigenvalue weighted by Crippen LogP contribution is 2.43. The molecule has 0 amide bonds. The first-order valence-electron chi connectivity index (χ1n) is 20.2. The molecular formula is C47H53BrF6N2O8. The van der Waals surface area contributed by atoms with Crippen LogP contribution in [0.25, 0.3) is 21.9 Å². The number of aryl methyl sites for hydroxylation is 4. The van der Waals surface area contributed by atoms with E-state index in [1.54, 1.807) is 24.3 Å². The standard InChI is InChI=1S/C23H24F3NO4.C14H16F3NO2.C9H9BrO2.CH4/c1-4-9-15-13-17-20(31-27-21(17)23(24,25)26)16(10-5-2)18(15)30-19(22(28)29-3)14-11-7-6-8-12-14;1-3-5-8-7-10-12(9(6-4-2)11(8)19)20-18-13(10)14(15,16)17;1-12-9(11)8(10)7-5-3-2-4-6-7;/h6-8,11-13,19H,4-5,9-10H2,1-3H3;7,19H,3-6H2,1-2H3;2-6,8H,1H3;1H4. The molecule has 0 aliphatic heterocycles. The van der Waals surface area contributed by atoms with Crippen molar-refractivity contribution in [2.45, 2.75) is 110 Å². The molecule has 0 saturated heterocycles. The van der Waals surface area contributed by atoms with E-state index in [-0.39, 0.29) is 45.9 Å². The minimum Gasteiger partial charge on any atom is -0.507 e. The van der Waals surface area contributed by atoms with Crippen molar-refractivity contribution in [3.05, 3.63) is 118 Å². The molecule has 2 unspecified atom stereocenters. The van der Waals surface area contributed by atoms with Crippen LogP contribution >= 0.6 is 15.9 Å². The monoisotopic (exact) mass is 966 g/mol. The van der Waals surface area contributed by atoms with Crippen LogP contribution in [0.1, 0.15) is 117 Å². The average Bonchev–Trinajstić information content (AvgIpc) is 3.91. The maximum atomic E-state index is 13.5. The van der Waals surface area contributed by atoms with E-state index in [0.717, 1.165) is 12.0 Å². The molecule has 348 valence electrons. The highest BCUT2D eigenvalue weighted by Gasteiger charge is 2.40. The quantitative estimate of drug-likeness (QED) is 0.0639. The Balaban J connectivity index is 0.000000282. The number of halogens is 7. The molecule has 1 N–H and O–H groups in total. The summed E-state index contributed by atoms with van der Waals surface area (Å²) >= 11 is 3.24. The van der Waals surface area contributed by atoms with Gasteiger partial charge in [0.1, 0.15) is 16.3 Å². The number of phenolic OH excluding ortho intramolecular Hbond substituents is 1. The number of benzene rings is 4. The third kappa shape index (κ3) is 12.8. The number of esters is 2. The van der Waals surface area contributed by atoms with Crippen LogP contribution in [-0.2, 0) is 57.1 Å². The Labute approximate surface area is 376 Å². The van der Waals surface area contributed by atoms with Crippen molar-refractivity contribution in [3.63, 3.8) is 0 Å². The van der Waals surface area contributed by atoms with Gasteiger partial charge in [-0.2, -0.15) is 26.3 Å². The fourth-order valence-corrected chi connectivity index (χ4v) is 7.27. The molecular weight excluding hydrogens is 914 g/mol. The van der Waals surface area contributed by atoms with Gasteiger partial charge in [0.25, 0.3) is 0 Å². The fraction of sp³-hybridized carbons (Fsp3) is 0.404. The summed E-state index contributed by atoms with van der Waals surface area (Å²) < 4.78 is 105. The number of aromatic nitrogens is 2. The number of hydrogen-bond acceptors (Lipinski definition) is 10. The maximum absolute atomic E-state index is 13.5. The molecule has 2 heterocycles. The highest BCUT2D eigenvalue weighted by molar-refractivity contribution is 9.09. The summed E-state index contributed by atoms with van der Waals surface area (Å²) in [4.78, 5) is 23.2. The highest BCUT2D eigenvalue weighted by atomic mass is 79.9. The largest absolute Gasteiger partial charge is 0.507 e. The number of methoxy groups -OCH3 is 2. The van der Waals surface area contributed by atoms with Gasteiger partial charge >= 0.3 is 24.3 Å². The summed E-state index contributed by atoms with van der Waals surface area (Å²) in [7, 11) is 2.64. The first kappa shape index (κ1) is 52.8. The lowest BCUT2D eigenvalue weighted by atomic mass is 9.97. The zero-order valence-corrected chi connectivity index (χ0v) is 37.2. The van der Waals surface area contributed by atoms with Crippen LogP contribution in [0.3, 0.4) is 0 Å². The summed E-state index contributed by atoms with van der Waals surface area (Å²) in [6.07, 6.45) is -5.70. The number of fused-ring (bicyclic) bond motifs is 2. The third-order valence-electron chi connectivity index (χ3n) is 9.63. The lowest BCUT2D eigenvalue weighted by Gasteiger charge is -2.22. The molecule has 0 bridgehead atoms. The molecule has 0 radical (unpaired) electrons. The van der Waals surface area contributed by atoms with Gasteiger partial charge in [-0.3, -0.25) is 4.79 Å². The number of carbonyl (C=O) groups excluding carboxylic acids is 2. The Kier molecular flexibility index (Phi) is 19.7. The van der Waals surface area contributed by atoms with Crippen molar-refractivity contribution < 1.29 is 64.3 Å². The van der Waals surface area contributed by atoms with E-state index in [1.807, 2.05) is 64.1 Å². The van der Waals surface area contributed by atoms with Crippen molar-refractivity contribution >= 4 is 49.8 Å². The lowest BCUT2D eigenvalue weighted by Crippen LogP contribution is -2.21. The van der Waals surface area contributed by atoms with E-state index < -0.39 is 35.8 Å². The fourth-order valence-electron chi connectivity index (χ4n) is 6.77. The summed E-state index contributed by atoms with van der Waals surface area (Å²) in [5.74, 6) is -0.502. The summed E-state index contributed by atoms with van der Waals surface area (Å²) in [6.45, 7) is 7.61. The number of nitrogens with zero attached hydrogens (tertiary/aromatic N) is 2. The molecule has 0 spiro atoms. The number of rotatable bonds is 14. The van der Waals surface area contributed by atoms with Crippen molar-refractivity contribution in [2.75, 3.05) is 14.2 Å². The van der Waals surface area contributed by atoms with Gasteiger partial charge in [-0.15, -0.1) is 0 Å². The van der Waals surface area contributed by atoms with Crippen LogP contribution in [-0.4, -0.2) is 41.6 Å². The molecule has 17 heteroatoms. The van der Waals surface area contributed by atoms with Crippen LogP contribution in [0.4, 0.5) is 26.3 Å². The first-order valence-corrected chi connectivity index (χ1v) is 21.2. The van der Waals surface area contributed by atoms with Crippen molar-refractivity contribution in [3.8, 4) is 11.5 Å². The Morgan fingerprint density at radius 1 is 0.656 bits per heavy atom. The van der Waals surface area contributed by atoms with E-state index in [2.05, 4.69) is 31.0 Å². The SMILES string of the molecule is C.CCCc1cc2c(C(F)(F)F)noc2c(CCC)c1O.CCCc1cc2c(C(F)(F)F)noc2c(CCC)c1OC(C(=O)OC)c1ccccc1.COC(=O)C(Br)c1ccccc1. The van der Waals surface area contributed by atoms with Crippen molar-refractivity contribution in [2.24, 2.45) is 0 Å². The molecule has 2 atom stereocenters. The number of aromatic hydroxyl groups is 1. The lowest BCUT2D eigenvalue weighted by molar-refractivity contribution is -0.149. The summed E-state index contributed by atoms with van der Waals surface area (Å²) in [5, 5.41) is 16.5. The molecule has 64 heavy (non-hydrogen) atoms. The molecule has 0 aliphatic carbocycles. The number of carbonyl (C=O) groups is 2. The van der Waals surface area contributed by atoms with E-state index >= 15 is 0 Å². The van der Waals surface area contributed by atoms with Crippen LogP contribution in [0, 0.1) is 0 Å². The number of phenols is 1. The van der Waals surface area contributed by atoms with E-state index in [1.165, 1.54) is 26.4 Å². The molecule has 4 aromatic carbocycles.